The van der Waals surface area contributed by atoms with Gasteiger partial charge < -0.3 is 4.06 Å². The van der Waals surface area contributed by atoms with Crippen molar-refractivity contribution in [3.05, 3.63) is 60.7 Å². The molecule has 0 heterocycles. The van der Waals surface area contributed by atoms with Gasteiger partial charge in [0.1, 0.15) is 9.04 Å². The van der Waals surface area contributed by atoms with Crippen LogP contribution in [0.3, 0.4) is 0 Å². The second-order valence-electron chi connectivity index (χ2n) is 3.88. The van der Waals surface area contributed by atoms with Gasteiger partial charge in [0.2, 0.25) is 0 Å². The molecule has 1 nitrogen and oxygen atoms in total. The average Bonchev–Trinajstić information content (AvgIpc) is 2.31. The maximum Gasteiger partial charge on any atom is 0.137 e. The Morgan fingerprint density at radius 2 is 1.06 bits per heavy atom. The van der Waals surface area contributed by atoms with E-state index in [1.165, 1.54) is 10.4 Å². The summed E-state index contributed by atoms with van der Waals surface area (Å²) in [7, 11) is 3.29. The molecular weight excluding hydrogens is 212 g/mol. The summed E-state index contributed by atoms with van der Waals surface area (Å²) in [5.74, 6) is 0. The molecule has 2 heteroatoms. The largest absolute Gasteiger partial charge is 0.639 e. The van der Waals surface area contributed by atoms with E-state index in [0.717, 1.165) is 0 Å². The normalized spacial score (nSPS) is 10.4. The highest BCUT2D eigenvalue weighted by Crippen LogP contribution is 1.98. The first kappa shape index (κ1) is 11.1. The lowest BCUT2D eigenvalue weighted by Crippen LogP contribution is -2.49. The summed E-state index contributed by atoms with van der Waals surface area (Å²) in [5, 5.41) is 2.79. The molecule has 0 unspecified atom stereocenters. The lowest BCUT2D eigenvalue weighted by molar-refractivity contribution is 0.126. The standard InChI is InChI=1S/C14H16OSi/c1-15(2)16(13-9-5-3-6-10-13)14-11-7-4-8-12-14/h3-12H,1-2H3. The molecule has 0 saturated heterocycles. The van der Waals surface area contributed by atoms with Crippen molar-refractivity contribution in [1.82, 2.24) is 0 Å². The van der Waals surface area contributed by atoms with Crippen molar-refractivity contribution < 1.29 is 4.06 Å². The van der Waals surface area contributed by atoms with E-state index in [9.17, 15) is 0 Å². The summed E-state index contributed by atoms with van der Waals surface area (Å²) in [6, 6.07) is 21.4. The highest BCUT2D eigenvalue weighted by Gasteiger charge is 2.10. The van der Waals surface area contributed by atoms with Crippen LogP contribution in [0.1, 0.15) is 0 Å². The molecule has 0 aliphatic carbocycles. The Labute approximate surface area is 98.8 Å². The van der Waals surface area contributed by atoms with Crippen molar-refractivity contribution in [2.24, 2.45) is 0 Å². The van der Waals surface area contributed by atoms with Gasteiger partial charge in [0.15, 0.2) is 0 Å². The monoisotopic (exact) mass is 228 g/mol. The quantitative estimate of drug-likeness (QED) is 0.554. The van der Waals surface area contributed by atoms with E-state index in [2.05, 4.69) is 78.9 Å². The molecule has 0 aliphatic rings. The first-order chi connectivity index (χ1) is 7.79. The zero-order chi connectivity index (χ0) is 11.4. The molecule has 0 aromatic heterocycles. The van der Waals surface area contributed by atoms with Gasteiger partial charge in [-0.05, 0) is 0 Å². The first-order valence-electron chi connectivity index (χ1n) is 5.34. The highest BCUT2D eigenvalue weighted by molar-refractivity contribution is 6.80. The summed E-state index contributed by atoms with van der Waals surface area (Å²) in [4.78, 5) is 0. The van der Waals surface area contributed by atoms with Gasteiger partial charge in [0.05, 0.1) is 14.2 Å². The third kappa shape index (κ3) is 2.40. The molecule has 82 valence electrons. The smallest absolute Gasteiger partial charge is 0.137 e. The molecule has 0 N–H and O–H groups in total. The van der Waals surface area contributed by atoms with Crippen molar-refractivity contribution in [3.8, 4) is 0 Å². The van der Waals surface area contributed by atoms with E-state index in [1.54, 1.807) is 0 Å². The fraction of sp³-hybridized carbons (Fsp3) is 0.143. The number of benzene rings is 2. The highest BCUT2D eigenvalue weighted by atomic mass is 28.3. The van der Waals surface area contributed by atoms with Gasteiger partial charge in [-0.1, -0.05) is 60.7 Å². The Morgan fingerprint density at radius 1 is 0.688 bits per heavy atom. The lowest BCUT2D eigenvalue weighted by Gasteiger charge is -2.34. The minimum atomic E-state index is -0.867. The van der Waals surface area contributed by atoms with E-state index >= 15 is 0 Å². The molecule has 0 atom stereocenters. The molecule has 0 fully saturated rings. The van der Waals surface area contributed by atoms with Crippen LogP contribution in [-0.2, 0) is 4.06 Å². The Balaban J connectivity index is 2.40. The van der Waals surface area contributed by atoms with Gasteiger partial charge in [-0.15, -0.1) is 10.4 Å². The predicted molar refractivity (Wildman–Crippen MR) is 70.8 cm³/mol. The zero-order valence-corrected chi connectivity index (χ0v) is 10.7. The molecule has 0 amide bonds. The van der Waals surface area contributed by atoms with Crippen LogP contribution in [0.25, 0.3) is 0 Å². The van der Waals surface area contributed by atoms with Crippen molar-refractivity contribution in [2.45, 2.75) is 0 Å². The molecular formula is C14H16OSi. The van der Waals surface area contributed by atoms with Crippen molar-refractivity contribution in [3.63, 3.8) is 0 Å². The van der Waals surface area contributed by atoms with Gasteiger partial charge in [-0.25, -0.2) is 0 Å². The number of hydrogen-bond acceptors (Lipinski definition) is 0. The molecule has 0 radical (unpaired) electrons. The fourth-order valence-electron chi connectivity index (χ4n) is 1.82. The van der Waals surface area contributed by atoms with Crippen LogP contribution < -0.4 is 10.4 Å². The van der Waals surface area contributed by atoms with E-state index in [1.807, 2.05) is 0 Å². The summed E-state index contributed by atoms with van der Waals surface area (Å²) in [5.41, 5.74) is 0. The van der Waals surface area contributed by atoms with E-state index in [-0.39, 0.29) is 0 Å². The van der Waals surface area contributed by atoms with Crippen LogP contribution in [0.5, 0.6) is 0 Å². The van der Waals surface area contributed by atoms with Gasteiger partial charge in [0, 0.05) is 0 Å². The molecule has 2 aromatic carbocycles. The summed E-state index contributed by atoms with van der Waals surface area (Å²) in [6.45, 7) is 0. The van der Waals surface area contributed by atoms with Crippen LogP contribution in [0.15, 0.2) is 60.7 Å². The Kier molecular flexibility index (Phi) is 3.54. The number of hydrogen-bond donors (Lipinski definition) is 0. The maximum absolute atomic E-state index is 3.16. The summed E-state index contributed by atoms with van der Waals surface area (Å²) < 4.78 is 3.16. The van der Waals surface area contributed by atoms with Gasteiger partial charge in [-0.3, -0.25) is 0 Å². The minimum Gasteiger partial charge on any atom is -0.639 e. The fourth-order valence-corrected chi connectivity index (χ4v) is 4.08. The van der Waals surface area contributed by atoms with Crippen molar-refractivity contribution in [1.29, 1.82) is 0 Å². The van der Waals surface area contributed by atoms with Crippen LogP contribution >= 0.6 is 0 Å². The van der Waals surface area contributed by atoms with E-state index < -0.39 is 9.04 Å². The van der Waals surface area contributed by atoms with Crippen LogP contribution in [-0.4, -0.2) is 23.3 Å². The van der Waals surface area contributed by atoms with Crippen LogP contribution in [0, 0.1) is 0 Å². The van der Waals surface area contributed by atoms with E-state index in [0.29, 0.717) is 0 Å². The van der Waals surface area contributed by atoms with Crippen molar-refractivity contribution >= 4 is 19.4 Å². The lowest BCUT2D eigenvalue weighted by atomic mass is 10.4. The second kappa shape index (κ2) is 5.10. The molecule has 0 saturated carbocycles. The Hall–Kier alpha value is -1.38. The molecule has 2 rings (SSSR count). The molecule has 16 heavy (non-hydrogen) atoms. The summed E-state index contributed by atoms with van der Waals surface area (Å²) >= 11 is 0. The van der Waals surface area contributed by atoms with Crippen molar-refractivity contribution in [2.75, 3.05) is 14.2 Å². The Bertz CT molecular complexity index is 386. The third-order valence-electron chi connectivity index (χ3n) is 2.48. The topological polar surface area (TPSA) is 2.70 Å². The van der Waals surface area contributed by atoms with E-state index in [4.69, 9.17) is 0 Å². The average molecular weight is 228 g/mol. The molecule has 0 bridgehead atoms. The summed E-state index contributed by atoms with van der Waals surface area (Å²) in [6.07, 6.45) is 0. The molecule has 0 aliphatic heterocycles. The zero-order valence-electron chi connectivity index (χ0n) is 9.68. The van der Waals surface area contributed by atoms with Crippen LogP contribution in [0.2, 0.25) is 0 Å². The Morgan fingerprint density at radius 3 is 1.38 bits per heavy atom. The third-order valence-corrected chi connectivity index (χ3v) is 5.01. The van der Waals surface area contributed by atoms with Gasteiger partial charge >= 0.3 is 0 Å². The molecule has 2 aromatic rings. The number of rotatable bonds is 3. The SMILES string of the molecule is C[O+](C)[Si-](c1ccccc1)c1ccccc1. The van der Waals surface area contributed by atoms with Crippen LogP contribution in [0.4, 0.5) is 0 Å². The predicted octanol–water partition coefficient (Wildman–Crippen LogP) is 1.60. The van der Waals surface area contributed by atoms with Gasteiger partial charge in [0.25, 0.3) is 0 Å². The van der Waals surface area contributed by atoms with Gasteiger partial charge in [-0.2, -0.15) is 0 Å². The first-order valence-corrected chi connectivity index (χ1v) is 6.75. The molecule has 0 spiro atoms. The minimum absolute atomic E-state index is 0.867. The second-order valence-corrected chi connectivity index (χ2v) is 6.51. The maximum atomic E-state index is 3.16.